The fraction of sp³-hybridized carbons (Fsp3) is 0.455. The van der Waals surface area contributed by atoms with Gasteiger partial charge < -0.3 is 10.7 Å². The fourth-order valence-electron chi connectivity index (χ4n) is 1.45. The molecule has 0 aliphatic rings. The summed E-state index contributed by atoms with van der Waals surface area (Å²) < 4.78 is 0. The summed E-state index contributed by atoms with van der Waals surface area (Å²) in [6.07, 6.45) is 3.62. The minimum atomic E-state index is -0.391. The Balaban J connectivity index is 3.10. The Morgan fingerprint density at radius 1 is 1.53 bits per heavy atom. The normalized spacial score (nSPS) is 12.5. The lowest BCUT2D eigenvalue weighted by molar-refractivity contribution is -0.114. The smallest absolute Gasteiger partial charge is 0.244 e. The summed E-state index contributed by atoms with van der Waals surface area (Å²) in [5.74, 6) is -0.391. The van der Waals surface area contributed by atoms with Crippen molar-refractivity contribution in [3.63, 3.8) is 0 Å². The minimum absolute atomic E-state index is 0.391. The number of nitrogens with one attached hydrogen (secondary N) is 1. The van der Waals surface area contributed by atoms with Crippen LogP contribution in [0.3, 0.4) is 0 Å². The minimum Gasteiger partial charge on any atom is -0.366 e. The first kappa shape index (κ1) is 11.5. The largest absolute Gasteiger partial charge is 0.366 e. The van der Waals surface area contributed by atoms with Crippen LogP contribution < -0.4 is 5.73 Å². The molecule has 1 aromatic rings. The lowest BCUT2D eigenvalue weighted by Gasteiger charge is -2.04. The zero-order chi connectivity index (χ0) is 11.4. The van der Waals surface area contributed by atoms with Crippen molar-refractivity contribution in [2.75, 3.05) is 0 Å². The molecule has 0 saturated heterocycles. The van der Waals surface area contributed by atoms with Crippen LogP contribution in [0.25, 0.3) is 5.57 Å². The van der Waals surface area contributed by atoms with Gasteiger partial charge in [0.2, 0.25) is 5.91 Å². The maximum absolute atomic E-state index is 11.0. The number of carbonyl (C=O) groups excluding carboxylic acids is 1. The first-order valence-corrected chi connectivity index (χ1v) is 5.07. The van der Waals surface area contributed by atoms with Crippen LogP contribution in [0.5, 0.6) is 0 Å². The number of aryl methyl sites for hydroxylation is 1. The topological polar surface area (TPSA) is 71.8 Å². The number of H-pyrrole nitrogens is 1. The molecule has 3 N–H and O–H groups in total. The Morgan fingerprint density at radius 3 is 2.73 bits per heavy atom. The van der Waals surface area contributed by atoms with Crippen LogP contribution in [0.1, 0.15) is 38.6 Å². The Morgan fingerprint density at radius 2 is 2.20 bits per heavy atom. The second-order valence-electron chi connectivity index (χ2n) is 3.59. The van der Waals surface area contributed by atoms with Gasteiger partial charge >= 0.3 is 0 Å². The highest BCUT2D eigenvalue weighted by atomic mass is 16.1. The van der Waals surface area contributed by atoms with Crippen LogP contribution in [0.4, 0.5) is 0 Å². The number of nitrogens with zero attached hydrogens (tertiary/aromatic N) is 1. The molecule has 0 bridgehead atoms. The van der Waals surface area contributed by atoms with Gasteiger partial charge in [-0.2, -0.15) is 0 Å². The molecule has 1 aromatic heterocycles. The molecule has 0 aliphatic heterocycles. The van der Waals surface area contributed by atoms with Crippen molar-refractivity contribution < 1.29 is 4.79 Å². The third kappa shape index (κ3) is 2.46. The molecule has 1 rings (SSSR count). The Labute approximate surface area is 89.6 Å². The summed E-state index contributed by atoms with van der Waals surface area (Å²) in [5.41, 5.74) is 8.58. The number of imidazole rings is 1. The van der Waals surface area contributed by atoms with E-state index in [1.165, 1.54) is 0 Å². The highest BCUT2D eigenvalue weighted by Crippen LogP contribution is 2.19. The van der Waals surface area contributed by atoms with Gasteiger partial charge in [0.15, 0.2) is 0 Å². The van der Waals surface area contributed by atoms with Gasteiger partial charge in [0.25, 0.3) is 0 Å². The van der Waals surface area contributed by atoms with Gasteiger partial charge in [0.05, 0.1) is 12.0 Å². The number of hydrogen-bond acceptors (Lipinski definition) is 2. The Kier molecular flexibility index (Phi) is 3.66. The molecule has 82 valence electrons. The monoisotopic (exact) mass is 207 g/mol. The lowest BCUT2D eigenvalue weighted by atomic mass is 10.0. The Bertz CT molecular complexity index is 390. The Hall–Kier alpha value is -1.58. The van der Waals surface area contributed by atoms with E-state index < -0.39 is 5.91 Å². The molecule has 4 heteroatoms. The van der Waals surface area contributed by atoms with Gasteiger partial charge in [-0.15, -0.1) is 0 Å². The number of carbonyl (C=O) groups is 1. The maximum Gasteiger partial charge on any atom is 0.244 e. The number of allylic oxidation sites excluding steroid dienone is 1. The second-order valence-corrected chi connectivity index (χ2v) is 3.59. The van der Waals surface area contributed by atoms with E-state index in [0.29, 0.717) is 5.57 Å². The van der Waals surface area contributed by atoms with E-state index in [0.717, 1.165) is 29.8 Å². The van der Waals surface area contributed by atoms with E-state index in [-0.39, 0.29) is 0 Å². The van der Waals surface area contributed by atoms with Gasteiger partial charge in [-0.1, -0.05) is 13.3 Å². The van der Waals surface area contributed by atoms with E-state index in [1.54, 1.807) is 13.3 Å². The van der Waals surface area contributed by atoms with Crippen molar-refractivity contribution in [3.8, 4) is 0 Å². The first-order chi connectivity index (χ1) is 7.07. The summed E-state index contributed by atoms with van der Waals surface area (Å²) in [7, 11) is 0. The summed E-state index contributed by atoms with van der Waals surface area (Å²) in [4.78, 5) is 18.3. The molecule has 15 heavy (non-hydrogen) atoms. The molecular weight excluding hydrogens is 190 g/mol. The first-order valence-electron chi connectivity index (χ1n) is 5.07. The summed E-state index contributed by atoms with van der Waals surface area (Å²) in [5, 5.41) is 0. The van der Waals surface area contributed by atoms with Crippen molar-refractivity contribution >= 4 is 11.5 Å². The highest BCUT2D eigenvalue weighted by molar-refractivity contribution is 5.98. The molecular formula is C11H17N3O. The third-order valence-corrected chi connectivity index (χ3v) is 2.51. The van der Waals surface area contributed by atoms with Gasteiger partial charge in [-0.25, -0.2) is 4.98 Å². The molecule has 0 atom stereocenters. The van der Waals surface area contributed by atoms with Crippen molar-refractivity contribution in [3.05, 3.63) is 23.3 Å². The molecule has 1 heterocycles. The number of rotatable bonds is 4. The lowest BCUT2D eigenvalue weighted by Crippen LogP contribution is -2.13. The predicted octanol–water partition coefficient (Wildman–Crippen LogP) is 1.64. The average Bonchev–Trinajstić information content (AvgIpc) is 2.64. The summed E-state index contributed by atoms with van der Waals surface area (Å²) in [6.45, 7) is 5.70. The summed E-state index contributed by atoms with van der Waals surface area (Å²) in [6, 6.07) is 0. The summed E-state index contributed by atoms with van der Waals surface area (Å²) >= 11 is 0. The SMILES string of the molecule is CCCc1[nH]cnc1C(C)=C(C)C(N)=O. The van der Waals surface area contributed by atoms with Crippen molar-refractivity contribution in [1.29, 1.82) is 0 Å². The third-order valence-electron chi connectivity index (χ3n) is 2.51. The van der Waals surface area contributed by atoms with Crippen molar-refractivity contribution in [2.24, 2.45) is 5.73 Å². The fourth-order valence-corrected chi connectivity index (χ4v) is 1.45. The van der Waals surface area contributed by atoms with E-state index in [1.807, 2.05) is 6.92 Å². The predicted molar refractivity (Wildman–Crippen MR) is 60.0 cm³/mol. The van der Waals surface area contributed by atoms with E-state index in [4.69, 9.17) is 5.73 Å². The van der Waals surface area contributed by atoms with E-state index in [2.05, 4.69) is 16.9 Å². The van der Waals surface area contributed by atoms with Gasteiger partial charge in [0.1, 0.15) is 0 Å². The molecule has 0 saturated carbocycles. The highest BCUT2D eigenvalue weighted by Gasteiger charge is 2.11. The van der Waals surface area contributed by atoms with Crippen LogP contribution in [0.2, 0.25) is 0 Å². The van der Waals surface area contributed by atoms with Crippen LogP contribution in [0.15, 0.2) is 11.9 Å². The standard InChI is InChI=1S/C11H17N3O/c1-4-5-9-10(14-6-13-9)7(2)8(3)11(12)15/h6H,4-5H2,1-3H3,(H2,12,15)(H,13,14). The molecule has 4 nitrogen and oxygen atoms in total. The van der Waals surface area contributed by atoms with Gasteiger partial charge in [-0.05, 0) is 25.8 Å². The van der Waals surface area contributed by atoms with E-state index >= 15 is 0 Å². The zero-order valence-corrected chi connectivity index (χ0v) is 9.42. The number of aromatic amines is 1. The molecule has 0 aliphatic carbocycles. The number of primary amides is 1. The zero-order valence-electron chi connectivity index (χ0n) is 9.42. The number of amides is 1. The van der Waals surface area contributed by atoms with Crippen LogP contribution in [-0.4, -0.2) is 15.9 Å². The van der Waals surface area contributed by atoms with Crippen molar-refractivity contribution in [1.82, 2.24) is 9.97 Å². The molecule has 0 spiro atoms. The van der Waals surface area contributed by atoms with Gasteiger partial charge in [-0.3, -0.25) is 4.79 Å². The van der Waals surface area contributed by atoms with Gasteiger partial charge in [0, 0.05) is 11.3 Å². The molecule has 0 radical (unpaired) electrons. The number of aromatic nitrogens is 2. The van der Waals surface area contributed by atoms with Crippen LogP contribution in [-0.2, 0) is 11.2 Å². The number of hydrogen-bond donors (Lipinski definition) is 2. The van der Waals surface area contributed by atoms with E-state index in [9.17, 15) is 4.79 Å². The molecule has 0 fully saturated rings. The quantitative estimate of drug-likeness (QED) is 0.737. The average molecular weight is 207 g/mol. The van der Waals surface area contributed by atoms with Crippen LogP contribution >= 0.6 is 0 Å². The van der Waals surface area contributed by atoms with Crippen molar-refractivity contribution in [2.45, 2.75) is 33.6 Å². The molecule has 1 amide bonds. The number of nitrogens with two attached hydrogens (primary N) is 1. The second kappa shape index (κ2) is 4.77. The maximum atomic E-state index is 11.0. The van der Waals surface area contributed by atoms with Crippen LogP contribution in [0, 0.1) is 0 Å². The molecule has 0 aromatic carbocycles. The molecule has 0 unspecified atom stereocenters.